The maximum absolute atomic E-state index is 13.1. The topological polar surface area (TPSA) is 48.1 Å². The van der Waals surface area contributed by atoms with Gasteiger partial charge in [-0.25, -0.2) is 4.39 Å². The van der Waals surface area contributed by atoms with Crippen LogP contribution in [-0.4, -0.2) is 84.2 Å². The zero-order valence-electron chi connectivity index (χ0n) is 19.0. The van der Waals surface area contributed by atoms with Crippen molar-refractivity contribution in [1.82, 2.24) is 14.7 Å². The first kappa shape index (κ1) is 23.6. The van der Waals surface area contributed by atoms with Crippen LogP contribution < -0.4 is 5.32 Å². The van der Waals surface area contributed by atoms with Crippen LogP contribution in [0.2, 0.25) is 0 Å². The maximum Gasteiger partial charge on any atom is 0.253 e. The summed E-state index contributed by atoms with van der Waals surface area (Å²) in [6.07, 6.45) is 0.990. The van der Waals surface area contributed by atoms with Crippen LogP contribution in [0, 0.1) is 12.7 Å². The summed E-state index contributed by atoms with van der Waals surface area (Å²) in [5.41, 5.74) is 2.68. The minimum atomic E-state index is -0.269. The minimum Gasteiger partial charge on any atom is -0.373 e. The lowest BCUT2D eigenvalue weighted by molar-refractivity contribution is -0.0224. The fourth-order valence-corrected chi connectivity index (χ4v) is 4.56. The fraction of sp³-hybridized carbons (Fsp3) is 0.440. The number of carbonyl (C=O) groups is 1. The summed E-state index contributed by atoms with van der Waals surface area (Å²) in [5.74, 6) is -0.163. The molecule has 33 heavy (non-hydrogen) atoms. The molecule has 0 radical (unpaired) electrons. The summed E-state index contributed by atoms with van der Waals surface area (Å²) in [6, 6.07) is 14.0. The zero-order chi connectivity index (χ0) is 23.2. The Morgan fingerprint density at radius 2 is 1.79 bits per heavy atom. The van der Waals surface area contributed by atoms with Gasteiger partial charge in [-0.05, 0) is 68.5 Å². The van der Waals surface area contributed by atoms with Gasteiger partial charge < -0.3 is 19.9 Å². The van der Waals surface area contributed by atoms with Crippen LogP contribution in [-0.2, 0) is 4.74 Å². The van der Waals surface area contributed by atoms with Gasteiger partial charge in [-0.1, -0.05) is 17.7 Å². The standard InChI is InChI=1S/C25H31FN4O2S/c1-19-3-5-20(6-4-19)24(31)29-12-2-11-28(13-14-29)17-23-18-30(15-16-32-23)25(33)27-22-9-7-21(26)8-10-22/h3-10,23H,2,11-18H2,1H3,(H,27,33). The van der Waals surface area contributed by atoms with Crippen molar-refractivity contribution < 1.29 is 13.9 Å². The monoisotopic (exact) mass is 470 g/mol. The van der Waals surface area contributed by atoms with Crippen molar-refractivity contribution >= 4 is 28.9 Å². The summed E-state index contributed by atoms with van der Waals surface area (Å²) in [7, 11) is 0. The van der Waals surface area contributed by atoms with E-state index in [0.717, 1.165) is 56.0 Å². The second kappa shape index (κ2) is 11.0. The van der Waals surface area contributed by atoms with Crippen molar-refractivity contribution in [2.24, 2.45) is 0 Å². The van der Waals surface area contributed by atoms with Gasteiger partial charge in [0.25, 0.3) is 5.91 Å². The quantitative estimate of drug-likeness (QED) is 0.692. The molecular weight excluding hydrogens is 439 g/mol. The van der Waals surface area contributed by atoms with Crippen LogP contribution in [0.1, 0.15) is 22.3 Å². The molecule has 1 atom stereocenters. The summed E-state index contributed by atoms with van der Waals surface area (Å²) in [6.45, 7) is 8.13. The van der Waals surface area contributed by atoms with Crippen molar-refractivity contribution in [3.63, 3.8) is 0 Å². The Bertz CT molecular complexity index is 954. The van der Waals surface area contributed by atoms with Crippen LogP contribution in [0.25, 0.3) is 0 Å². The molecule has 1 amide bonds. The Balaban J connectivity index is 1.27. The van der Waals surface area contributed by atoms with Crippen molar-refractivity contribution in [3.8, 4) is 0 Å². The molecule has 0 spiro atoms. The highest BCUT2D eigenvalue weighted by molar-refractivity contribution is 7.80. The molecule has 2 saturated heterocycles. The molecule has 0 saturated carbocycles. The van der Waals surface area contributed by atoms with Crippen molar-refractivity contribution in [1.29, 1.82) is 0 Å². The van der Waals surface area contributed by atoms with Crippen LogP contribution in [0.5, 0.6) is 0 Å². The first-order valence-electron chi connectivity index (χ1n) is 11.5. The second-order valence-electron chi connectivity index (χ2n) is 8.69. The number of carbonyl (C=O) groups excluding carboxylic acids is 1. The van der Waals surface area contributed by atoms with Gasteiger partial charge in [0.15, 0.2) is 5.11 Å². The third-order valence-electron chi connectivity index (χ3n) is 6.16. The average Bonchev–Trinajstić information content (AvgIpc) is 3.06. The van der Waals surface area contributed by atoms with Crippen LogP contribution in [0.3, 0.4) is 0 Å². The third-order valence-corrected chi connectivity index (χ3v) is 6.52. The number of ether oxygens (including phenoxy) is 1. The molecular formula is C25H31FN4O2S. The van der Waals surface area contributed by atoms with Gasteiger partial charge in [0.1, 0.15) is 5.82 Å². The molecule has 6 nitrogen and oxygen atoms in total. The van der Waals surface area contributed by atoms with Crippen LogP contribution >= 0.6 is 12.2 Å². The van der Waals surface area contributed by atoms with E-state index < -0.39 is 0 Å². The van der Waals surface area contributed by atoms with Gasteiger partial charge in [0, 0.05) is 50.5 Å². The van der Waals surface area contributed by atoms with Gasteiger partial charge in [0.2, 0.25) is 0 Å². The van der Waals surface area contributed by atoms with Crippen molar-refractivity contribution in [2.75, 3.05) is 57.7 Å². The van der Waals surface area contributed by atoms with E-state index in [1.807, 2.05) is 36.1 Å². The van der Waals surface area contributed by atoms with E-state index in [9.17, 15) is 9.18 Å². The Morgan fingerprint density at radius 1 is 1.03 bits per heavy atom. The lowest BCUT2D eigenvalue weighted by Gasteiger charge is -2.36. The van der Waals surface area contributed by atoms with E-state index in [4.69, 9.17) is 17.0 Å². The molecule has 8 heteroatoms. The molecule has 2 aromatic carbocycles. The average molecular weight is 471 g/mol. The van der Waals surface area contributed by atoms with E-state index in [0.29, 0.717) is 24.8 Å². The number of rotatable bonds is 4. The lowest BCUT2D eigenvalue weighted by atomic mass is 10.1. The molecule has 0 aromatic heterocycles. The number of nitrogens with zero attached hydrogens (tertiary/aromatic N) is 3. The Hall–Kier alpha value is -2.55. The predicted octanol–water partition coefficient (Wildman–Crippen LogP) is 3.38. The Kier molecular flexibility index (Phi) is 7.90. The largest absolute Gasteiger partial charge is 0.373 e. The van der Waals surface area contributed by atoms with E-state index in [2.05, 4.69) is 15.1 Å². The molecule has 2 fully saturated rings. The molecule has 2 aliphatic rings. The third kappa shape index (κ3) is 6.50. The minimum absolute atomic E-state index is 0.0473. The highest BCUT2D eigenvalue weighted by atomic mass is 32.1. The number of anilines is 1. The number of aryl methyl sites for hydroxylation is 1. The smallest absolute Gasteiger partial charge is 0.253 e. The van der Waals surface area contributed by atoms with Crippen LogP contribution in [0.15, 0.2) is 48.5 Å². The van der Waals surface area contributed by atoms with Gasteiger partial charge >= 0.3 is 0 Å². The number of benzene rings is 2. The molecule has 4 rings (SSSR count). The van der Waals surface area contributed by atoms with E-state index in [-0.39, 0.29) is 17.8 Å². The fourth-order valence-electron chi connectivity index (χ4n) is 4.27. The van der Waals surface area contributed by atoms with E-state index >= 15 is 0 Å². The normalized spacial score (nSPS) is 19.8. The predicted molar refractivity (Wildman–Crippen MR) is 132 cm³/mol. The lowest BCUT2D eigenvalue weighted by Crippen LogP contribution is -2.51. The zero-order valence-corrected chi connectivity index (χ0v) is 19.8. The van der Waals surface area contributed by atoms with E-state index in [1.54, 1.807) is 12.1 Å². The number of morpholine rings is 1. The van der Waals surface area contributed by atoms with Gasteiger partial charge in [-0.15, -0.1) is 0 Å². The molecule has 2 aliphatic heterocycles. The Morgan fingerprint density at radius 3 is 2.55 bits per heavy atom. The second-order valence-corrected chi connectivity index (χ2v) is 9.07. The van der Waals surface area contributed by atoms with Gasteiger partial charge in [-0.2, -0.15) is 0 Å². The molecule has 2 heterocycles. The summed E-state index contributed by atoms with van der Waals surface area (Å²) < 4.78 is 19.2. The number of hydrogen-bond donors (Lipinski definition) is 1. The molecule has 0 bridgehead atoms. The molecule has 2 aromatic rings. The molecule has 0 aliphatic carbocycles. The summed E-state index contributed by atoms with van der Waals surface area (Å²) in [4.78, 5) is 19.3. The molecule has 1 N–H and O–H groups in total. The summed E-state index contributed by atoms with van der Waals surface area (Å²) >= 11 is 5.57. The van der Waals surface area contributed by atoms with Crippen molar-refractivity contribution in [3.05, 3.63) is 65.5 Å². The number of amides is 1. The Labute approximate surface area is 200 Å². The molecule has 176 valence electrons. The highest BCUT2D eigenvalue weighted by Crippen LogP contribution is 2.15. The van der Waals surface area contributed by atoms with Crippen molar-refractivity contribution in [2.45, 2.75) is 19.4 Å². The first-order valence-corrected chi connectivity index (χ1v) is 11.9. The number of hydrogen-bond acceptors (Lipinski definition) is 4. The maximum atomic E-state index is 13.1. The first-order chi connectivity index (χ1) is 16.0. The van der Waals surface area contributed by atoms with E-state index in [1.165, 1.54) is 12.1 Å². The van der Waals surface area contributed by atoms with Crippen LogP contribution in [0.4, 0.5) is 10.1 Å². The summed E-state index contributed by atoms with van der Waals surface area (Å²) in [5, 5.41) is 3.81. The van der Waals surface area contributed by atoms with Gasteiger partial charge in [0.05, 0.1) is 12.7 Å². The highest BCUT2D eigenvalue weighted by Gasteiger charge is 2.26. The SMILES string of the molecule is Cc1ccc(C(=O)N2CCCN(CC3CN(C(=S)Nc4ccc(F)cc4)CCO3)CC2)cc1. The van der Waals surface area contributed by atoms with Gasteiger partial charge in [-0.3, -0.25) is 9.69 Å². The number of thiocarbonyl (C=S) groups is 1. The number of nitrogens with one attached hydrogen (secondary N) is 1. The molecule has 1 unspecified atom stereocenters. The number of halogens is 1.